The number of fused-ring (bicyclic) bond motifs is 2. The molecule has 140 valence electrons. The van der Waals surface area contributed by atoms with Crippen LogP contribution < -0.4 is 5.32 Å². The maximum Gasteiger partial charge on any atom is 0.289 e. The van der Waals surface area contributed by atoms with E-state index in [1.807, 2.05) is 17.7 Å². The fourth-order valence-corrected chi connectivity index (χ4v) is 3.16. The van der Waals surface area contributed by atoms with E-state index in [2.05, 4.69) is 25.6 Å². The van der Waals surface area contributed by atoms with Crippen molar-refractivity contribution in [2.45, 2.75) is 39.9 Å². The molecule has 0 aliphatic carbocycles. The van der Waals surface area contributed by atoms with Crippen molar-refractivity contribution in [2.75, 3.05) is 6.54 Å². The fraction of sp³-hybridized carbons (Fsp3) is 0.412. The van der Waals surface area contributed by atoms with Crippen molar-refractivity contribution in [3.8, 4) is 0 Å². The number of carbonyl (C=O) groups is 2. The van der Waals surface area contributed by atoms with E-state index in [-0.39, 0.29) is 24.2 Å². The molecule has 0 fully saturated rings. The average Bonchev–Trinajstić information content (AvgIpc) is 3.17. The molecule has 2 amide bonds. The van der Waals surface area contributed by atoms with E-state index in [4.69, 9.17) is 0 Å². The van der Waals surface area contributed by atoms with E-state index >= 15 is 0 Å². The Balaban J connectivity index is 1.46. The lowest BCUT2D eigenvalue weighted by molar-refractivity contribution is -0.129. The highest BCUT2D eigenvalue weighted by molar-refractivity contribution is 5.91. The normalized spacial score (nSPS) is 14.1. The van der Waals surface area contributed by atoms with E-state index in [1.165, 1.54) is 0 Å². The lowest BCUT2D eigenvalue weighted by Gasteiger charge is -2.17. The van der Waals surface area contributed by atoms with Crippen molar-refractivity contribution in [3.05, 3.63) is 41.2 Å². The second-order valence-electron chi connectivity index (χ2n) is 6.59. The van der Waals surface area contributed by atoms with Crippen molar-refractivity contribution >= 4 is 17.6 Å². The first kappa shape index (κ1) is 17.1. The number of hydrogen-bond donors (Lipinski definition) is 1. The summed E-state index contributed by atoms with van der Waals surface area (Å²) in [6.07, 6.45) is 2.58. The summed E-state index contributed by atoms with van der Waals surface area (Å²) in [6.45, 7) is 5.73. The SMILES string of the molecule is CC(=O)N1CCCn2nc(CNC(=O)c3nnc4nc(C)ccn34)cc2C1. The molecule has 4 heterocycles. The Hall–Kier alpha value is -3.30. The largest absolute Gasteiger partial charge is 0.344 e. The first-order valence-electron chi connectivity index (χ1n) is 8.79. The molecule has 3 aromatic heterocycles. The van der Waals surface area contributed by atoms with Gasteiger partial charge in [-0.2, -0.15) is 5.10 Å². The summed E-state index contributed by atoms with van der Waals surface area (Å²) in [5.41, 5.74) is 2.52. The van der Waals surface area contributed by atoms with Gasteiger partial charge in [-0.1, -0.05) is 0 Å². The Labute approximate surface area is 155 Å². The molecule has 1 aliphatic rings. The van der Waals surface area contributed by atoms with Crippen LogP contribution in [0.1, 0.15) is 41.0 Å². The van der Waals surface area contributed by atoms with Crippen LogP contribution in [-0.2, 0) is 24.4 Å². The van der Waals surface area contributed by atoms with Crippen LogP contribution in [0.5, 0.6) is 0 Å². The van der Waals surface area contributed by atoms with Crippen molar-refractivity contribution in [1.29, 1.82) is 0 Å². The predicted molar refractivity (Wildman–Crippen MR) is 94.6 cm³/mol. The highest BCUT2D eigenvalue weighted by Gasteiger charge is 2.19. The van der Waals surface area contributed by atoms with Crippen LogP contribution in [0.3, 0.4) is 0 Å². The third kappa shape index (κ3) is 3.37. The summed E-state index contributed by atoms with van der Waals surface area (Å²) in [4.78, 5) is 30.2. The fourth-order valence-electron chi connectivity index (χ4n) is 3.16. The van der Waals surface area contributed by atoms with E-state index < -0.39 is 0 Å². The van der Waals surface area contributed by atoms with Gasteiger partial charge < -0.3 is 10.2 Å². The molecule has 0 spiro atoms. The maximum absolute atomic E-state index is 12.5. The topological polar surface area (TPSA) is 110 Å². The maximum atomic E-state index is 12.5. The van der Waals surface area contributed by atoms with Gasteiger partial charge in [0.2, 0.25) is 11.7 Å². The Morgan fingerprint density at radius 3 is 2.93 bits per heavy atom. The van der Waals surface area contributed by atoms with Crippen LogP contribution in [0.25, 0.3) is 5.78 Å². The number of amides is 2. The number of hydrogen-bond acceptors (Lipinski definition) is 6. The van der Waals surface area contributed by atoms with E-state index in [1.54, 1.807) is 28.5 Å². The van der Waals surface area contributed by atoms with Gasteiger partial charge in [-0.15, -0.1) is 10.2 Å². The minimum atomic E-state index is -0.346. The van der Waals surface area contributed by atoms with Crippen LogP contribution >= 0.6 is 0 Å². The first-order chi connectivity index (χ1) is 13.0. The quantitative estimate of drug-likeness (QED) is 0.712. The molecular formula is C17H20N8O2. The number of nitrogens with one attached hydrogen (secondary N) is 1. The summed E-state index contributed by atoms with van der Waals surface area (Å²) >= 11 is 0. The van der Waals surface area contributed by atoms with Crippen molar-refractivity contribution in [1.82, 2.24) is 39.6 Å². The van der Waals surface area contributed by atoms with Crippen molar-refractivity contribution in [3.63, 3.8) is 0 Å². The third-order valence-electron chi connectivity index (χ3n) is 4.56. The molecule has 10 heteroatoms. The highest BCUT2D eigenvalue weighted by atomic mass is 16.2. The van der Waals surface area contributed by atoms with Crippen LogP contribution in [0.4, 0.5) is 0 Å². The third-order valence-corrected chi connectivity index (χ3v) is 4.56. The Morgan fingerprint density at radius 1 is 1.26 bits per heavy atom. The molecule has 0 saturated heterocycles. The molecule has 1 N–H and O–H groups in total. The first-order valence-corrected chi connectivity index (χ1v) is 8.79. The standard InChI is InChI=1S/C17H20N8O2/c1-11-4-7-24-15(20-21-17(24)19-11)16(27)18-9-13-8-14-10-23(12(2)26)5-3-6-25(14)22-13/h4,7-8H,3,5-6,9-10H2,1-2H3,(H,18,27). The molecule has 0 saturated carbocycles. The summed E-state index contributed by atoms with van der Waals surface area (Å²) in [5.74, 6) is 0.281. The van der Waals surface area contributed by atoms with Gasteiger partial charge in [-0.25, -0.2) is 4.98 Å². The number of aryl methyl sites for hydroxylation is 2. The average molecular weight is 368 g/mol. The van der Waals surface area contributed by atoms with Crippen LogP contribution in [0.15, 0.2) is 18.3 Å². The molecule has 0 unspecified atom stereocenters. The van der Waals surface area contributed by atoms with Gasteiger partial charge >= 0.3 is 0 Å². The van der Waals surface area contributed by atoms with Gasteiger partial charge in [0.1, 0.15) is 0 Å². The van der Waals surface area contributed by atoms with Gasteiger partial charge in [0.15, 0.2) is 0 Å². The van der Waals surface area contributed by atoms with Gasteiger partial charge in [-0.3, -0.25) is 18.7 Å². The van der Waals surface area contributed by atoms with Gasteiger partial charge in [0.25, 0.3) is 11.7 Å². The molecule has 10 nitrogen and oxygen atoms in total. The molecule has 4 rings (SSSR count). The molecule has 0 aromatic carbocycles. The monoisotopic (exact) mass is 368 g/mol. The molecule has 0 radical (unpaired) electrons. The van der Waals surface area contributed by atoms with E-state index in [0.29, 0.717) is 12.3 Å². The molecular weight excluding hydrogens is 348 g/mol. The molecule has 0 bridgehead atoms. The molecule has 3 aromatic rings. The minimum absolute atomic E-state index is 0.0574. The van der Waals surface area contributed by atoms with E-state index in [0.717, 1.165) is 36.6 Å². The zero-order chi connectivity index (χ0) is 19.0. The van der Waals surface area contributed by atoms with Crippen LogP contribution in [0, 0.1) is 6.92 Å². The highest BCUT2D eigenvalue weighted by Crippen LogP contribution is 2.14. The van der Waals surface area contributed by atoms with Crippen LogP contribution in [0.2, 0.25) is 0 Å². The number of nitrogens with zero attached hydrogens (tertiary/aromatic N) is 7. The zero-order valence-electron chi connectivity index (χ0n) is 15.2. The van der Waals surface area contributed by atoms with Gasteiger partial charge in [0, 0.05) is 31.9 Å². The minimum Gasteiger partial charge on any atom is -0.344 e. The Morgan fingerprint density at radius 2 is 2.11 bits per heavy atom. The van der Waals surface area contributed by atoms with Crippen molar-refractivity contribution < 1.29 is 9.59 Å². The Kier molecular flexibility index (Phi) is 4.30. The Bertz CT molecular complexity index is 1020. The lowest BCUT2D eigenvalue weighted by Crippen LogP contribution is -2.28. The van der Waals surface area contributed by atoms with E-state index in [9.17, 15) is 9.59 Å². The summed E-state index contributed by atoms with van der Waals surface area (Å²) < 4.78 is 3.46. The van der Waals surface area contributed by atoms with Crippen LogP contribution in [-0.4, -0.2) is 52.6 Å². The lowest BCUT2D eigenvalue weighted by atomic mass is 10.3. The zero-order valence-corrected chi connectivity index (χ0v) is 15.2. The molecule has 0 atom stereocenters. The predicted octanol–water partition coefficient (Wildman–Crippen LogP) is 0.311. The van der Waals surface area contributed by atoms with Gasteiger partial charge in [-0.05, 0) is 25.5 Å². The summed E-state index contributed by atoms with van der Waals surface area (Å²) in [5, 5.41) is 15.2. The second-order valence-corrected chi connectivity index (χ2v) is 6.59. The number of aromatic nitrogens is 6. The summed E-state index contributed by atoms with van der Waals surface area (Å²) in [6, 6.07) is 3.72. The number of carbonyl (C=O) groups excluding carboxylic acids is 2. The smallest absolute Gasteiger partial charge is 0.289 e. The van der Waals surface area contributed by atoms with Gasteiger partial charge in [0.05, 0.1) is 24.5 Å². The molecule has 27 heavy (non-hydrogen) atoms. The second kappa shape index (κ2) is 6.78. The van der Waals surface area contributed by atoms with Crippen molar-refractivity contribution in [2.24, 2.45) is 0 Å². The number of rotatable bonds is 3. The summed E-state index contributed by atoms with van der Waals surface area (Å²) in [7, 11) is 0. The molecule has 1 aliphatic heterocycles.